The van der Waals surface area contributed by atoms with Crippen LogP contribution in [0.5, 0.6) is 0 Å². The van der Waals surface area contributed by atoms with Gasteiger partial charge in [-0.25, -0.2) is 4.79 Å². The minimum Gasteiger partial charge on any atom is -0.454 e. The van der Waals surface area contributed by atoms with Crippen molar-refractivity contribution in [2.45, 2.75) is 6.42 Å². The van der Waals surface area contributed by atoms with Crippen LogP contribution in [0.25, 0.3) is 0 Å². The topological polar surface area (TPSA) is 124 Å². The summed E-state index contributed by atoms with van der Waals surface area (Å²) >= 11 is 5.74. The lowest BCUT2D eigenvalue weighted by molar-refractivity contribution is -0.384. The molecule has 1 saturated carbocycles. The normalized spacial score (nSPS) is 24.4. The molecule has 2 fully saturated rings. The van der Waals surface area contributed by atoms with E-state index in [1.807, 2.05) is 12.2 Å². The van der Waals surface area contributed by atoms with Crippen LogP contribution in [-0.4, -0.2) is 35.1 Å². The van der Waals surface area contributed by atoms with Crippen molar-refractivity contribution in [2.75, 3.05) is 11.5 Å². The Morgan fingerprint density at radius 2 is 1.59 bits per heavy atom. The maximum absolute atomic E-state index is 12.9. The van der Waals surface area contributed by atoms with Crippen LogP contribution in [0.1, 0.15) is 27.1 Å². The van der Waals surface area contributed by atoms with E-state index in [4.69, 9.17) is 16.3 Å². The Bertz CT molecular complexity index is 1260. The molecule has 172 valence electrons. The highest BCUT2D eigenvalue weighted by Crippen LogP contribution is 2.53. The van der Waals surface area contributed by atoms with Crippen LogP contribution < -0.4 is 4.90 Å². The Morgan fingerprint density at radius 3 is 2.18 bits per heavy atom. The van der Waals surface area contributed by atoms with Crippen LogP contribution in [0.2, 0.25) is 5.02 Å². The molecule has 2 aromatic rings. The van der Waals surface area contributed by atoms with Gasteiger partial charge in [0.25, 0.3) is 5.69 Å². The van der Waals surface area contributed by atoms with Gasteiger partial charge in [-0.05, 0) is 54.7 Å². The summed E-state index contributed by atoms with van der Waals surface area (Å²) in [5.74, 6) is -2.29. The Morgan fingerprint density at radius 1 is 1.00 bits per heavy atom. The van der Waals surface area contributed by atoms with E-state index >= 15 is 0 Å². The van der Waals surface area contributed by atoms with Crippen molar-refractivity contribution in [3.63, 3.8) is 0 Å². The van der Waals surface area contributed by atoms with E-state index in [1.165, 1.54) is 41.3 Å². The number of nitro groups is 1. The average Bonchev–Trinajstić information content (AvgIpc) is 3.51. The van der Waals surface area contributed by atoms with E-state index in [2.05, 4.69) is 0 Å². The van der Waals surface area contributed by atoms with Crippen molar-refractivity contribution in [3.8, 4) is 0 Å². The largest absolute Gasteiger partial charge is 0.454 e. The number of rotatable bonds is 6. The van der Waals surface area contributed by atoms with Gasteiger partial charge in [-0.1, -0.05) is 23.8 Å². The summed E-state index contributed by atoms with van der Waals surface area (Å²) in [5.41, 5.74) is 0.0669. The number of hydrogen-bond acceptors (Lipinski definition) is 7. The molecule has 34 heavy (non-hydrogen) atoms. The quantitative estimate of drug-likeness (QED) is 0.154. The molecule has 3 aliphatic rings. The fourth-order valence-electron chi connectivity index (χ4n) is 5.03. The van der Waals surface area contributed by atoms with Crippen LogP contribution >= 0.6 is 11.6 Å². The molecule has 2 amide bonds. The fraction of sp³-hybridized carbons (Fsp3) is 0.250. The third-order valence-electron chi connectivity index (χ3n) is 6.63. The monoisotopic (exact) mass is 480 g/mol. The number of ether oxygens (including phenoxy) is 1. The van der Waals surface area contributed by atoms with Gasteiger partial charge in [0.2, 0.25) is 17.6 Å². The Balaban J connectivity index is 1.24. The molecular formula is C24H17ClN2O7. The molecule has 5 rings (SSSR count). The molecule has 1 heterocycles. The smallest absolute Gasteiger partial charge is 0.338 e. The number of esters is 1. The molecule has 0 unspecified atom stereocenters. The Hall–Kier alpha value is -3.85. The molecule has 0 spiro atoms. The minimum absolute atomic E-state index is 0.0145. The number of Topliss-reactive ketones (excluding diaryl/α,β-unsaturated/α-hetero) is 1. The van der Waals surface area contributed by atoms with Gasteiger partial charge in [-0.2, -0.15) is 0 Å². The van der Waals surface area contributed by atoms with Gasteiger partial charge in [-0.3, -0.25) is 29.4 Å². The van der Waals surface area contributed by atoms with Gasteiger partial charge >= 0.3 is 5.97 Å². The molecule has 0 N–H and O–H groups in total. The minimum atomic E-state index is -0.790. The summed E-state index contributed by atoms with van der Waals surface area (Å²) in [6.07, 6.45) is 4.87. The number of benzene rings is 2. The van der Waals surface area contributed by atoms with Crippen molar-refractivity contribution >= 4 is 46.5 Å². The van der Waals surface area contributed by atoms with Gasteiger partial charge in [0.15, 0.2) is 6.61 Å². The lowest BCUT2D eigenvalue weighted by Crippen LogP contribution is -2.32. The number of anilines is 1. The highest BCUT2D eigenvalue weighted by molar-refractivity contribution is 6.32. The molecule has 2 aromatic carbocycles. The van der Waals surface area contributed by atoms with Crippen LogP contribution in [0.15, 0.2) is 54.6 Å². The second-order valence-electron chi connectivity index (χ2n) is 8.48. The third kappa shape index (κ3) is 3.49. The number of carbonyl (C=O) groups is 4. The highest BCUT2D eigenvalue weighted by atomic mass is 35.5. The number of nitro benzene ring substituents is 1. The summed E-state index contributed by atoms with van der Waals surface area (Å²) in [5, 5.41) is 10.9. The number of carbonyl (C=O) groups excluding carboxylic acids is 4. The van der Waals surface area contributed by atoms with Crippen LogP contribution in [0.4, 0.5) is 11.4 Å². The zero-order valence-electron chi connectivity index (χ0n) is 17.5. The van der Waals surface area contributed by atoms with Gasteiger partial charge < -0.3 is 4.74 Å². The standard InChI is InChI=1S/C24H17ClN2O7/c25-17-8-5-13(10-18(17)27(32)33)19(28)11-34-24(31)12-3-6-16(7-4-12)26-22(29)20-14-1-2-15(9-14)21(20)23(26)30/h1-8,10,14-15,20-21H,9,11H2/t14-,15-,20+,21+/m0/s1. The van der Waals surface area contributed by atoms with Gasteiger partial charge in [-0.15, -0.1) is 0 Å². The van der Waals surface area contributed by atoms with Crippen LogP contribution in [-0.2, 0) is 14.3 Å². The number of allylic oxidation sites excluding steroid dienone is 2. The van der Waals surface area contributed by atoms with Crippen molar-refractivity contribution in [1.82, 2.24) is 0 Å². The summed E-state index contributed by atoms with van der Waals surface area (Å²) < 4.78 is 5.03. The number of ketones is 1. The zero-order valence-corrected chi connectivity index (χ0v) is 18.3. The molecule has 0 radical (unpaired) electrons. The predicted octanol–water partition coefficient (Wildman–Crippen LogP) is 3.60. The van der Waals surface area contributed by atoms with E-state index in [0.717, 1.165) is 12.5 Å². The first-order valence-corrected chi connectivity index (χ1v) is 10.9. The van der Waals surface area contributed by atoms with E-state index in [9.17, 15) is 29.3 Å². The van der Waals surface area contributed by atoms with E-state index in [0.29, 0.717) is 5.69 Å². The summed E-state index contributed by atoms with van der Waals surface area (Å²) in [4.78, 5) is 61.9. The lowest BCUT2D eigenvalue weighted by atomic mass is 9.85. The van der Waals surface area contributed by atoms with Gasteiger partial charge in [0.1, 0.15) is 5.02 Å². The highest BCUT2D eigenvalue weighted by Gasteiger charge is 2.59. The number of amides is 2. The first-order valence-electron chi connectivity index (χ1n) is 10.6. The van der Waals surface area contributed by atoms with Crippen molar-refractivity contribution in [2.24, 2.45) is 23.7 Å². The zero-order chi connectivity index (χ0) is 24.1. The summed E-state index contributed by atoms with van der Waals surface area (Å²) in [6, 6.07) is 9.37. The first-order chi connectivity index (χ1) is 16.3. The Labute approximate surface area is 198 Å². The molecule has 4 atom stereocenters. The molecule has 2 aliphatic carbocycles. The van der Waals surface area contributed by atoms with Gasteiger partial charge in [0, 0.05) is 11.6 Å². The second-order valence-corrected chi connectivity index (χ2v) is 8.89. The Kier molecular flexibility index (Phi) is 5.28. The molecular weight excluding hydrogens is 464 g/mol. The SMILES string of the molecule is O=C(COC(=O)c1ccc(N2C(=O)[C@H]3[C@H](C2=O)[C@H]2C=C[C@H]3C2)cc1)c1ccc(Cl)c([N+](=O)[O-])c1. The van der Waals surface area contributed by atoms with Crippen molar-refractivity contribution in [1.29, 1.82) is 0 Å². The molecule has 0 aromatic heterocycles. The number of imide groups is 1. The maximum Gasteiger partial charge on any atom is 0.338 e. The molecule has 2 bridgehead atoms. The summed E-state index contributed by atoms with van der Waals surface area (Å²) in [6.45, 7) is -0.623. The molecule has 9 nitrogen and oxygen atoms in total. The predicted molar refractivity (Wildman–Crippen MR) is 119 cm³/mol. The second kappa shape index (κ2) is 8.18. The molecule has 10 heteroatoms. The summed E-state index contributed by atoms with van der Waals surface area (Å²) in [7, 11) is 0. The van der Waals surface area contributed by atoms with Crippen molar-refractivity contribution < 1.29 is 28.8 Å². The van der Waals surface area contributed by atoms with Crippen LogP contribution in [0.3, 0.4) is 0 Å². The van der Waals surface area contributed by atoms with E-state index in [-0.39, 0.29) is 51.6 Å². The van der Waals surface area contributed by atoms with Crippen molar-refractivity contribution in [3.05, 3.63) is 80.9 Å². The molecule has 1 saturated heterocycles. The average molecular weight is 481 g/mol. The number of fused-ring (bicyclic) bond motifs is 5. The number of hydrogen-bond donors (Lipinski definition) is 0. The number of nitrogens with zero attached hydrogens (tertiary/aromatic N) is 2. The third-order valence-corrected chi connectivity index (χ3v) is 6.95. The van der Waals surface area contributed by atoms with Gasteiger partial charge in [0.05, 0.1) is 28.0 Å². The lowest BCUT2D eigenvalue weighted by Gasteiger charge is -2.17. The number of halogens is 1. The van der Waals surface area contributed by atoms with E-state index in [1.54, 1.807) is 0 Å². The van der Waals surface area contributed by atoms with E-state index < -0.39 is 29.0 Å². The molecule has 1 aliphatic heterocycles. The fourth-order valence-corrected chi connectivity index (χ4v) is 5.21. The van der Waals surface area contributed by atoms with Crippen LogP contribution in [0, 0.1) is 33.8 Å². The first kappa shape index (κ1) is 22.0. The maximum atomic E-state index is 12.9.